The van der Waals surface area contributed by atoms with Crippen LogP contribution in [0.15, 0.2) is 23.2 Å². The molecule has 1 heterocycles. The Morgan fingerprint density at radius 1 is 1.24 bits per heavy atom. The van der Waals surface area contributed by atoms with Gasteiger partial charge in [0.25, 0.3) is 0 Å². The SMILES string of the molecule is COc1ccc(CCNC(=NCC(=O)N(C)C)NCC2CCCO2)cc1OC.I. The zero-order chi connectivity index (χ0) is 20.4. The maximum absolute atomic E-state index is 11.8. The number of amides is 1. The molecule has 1 aliphatic rings. The van der Waals surface area contributed by atoms with Crippen molar-refractivity contribution < 1.29 is 19.0 Å². The van der Waals surface area contributed by atoms with E-state index in [-0.39, 0.29) is 42.5 Å². The van der Waals surface area contributed by atoms with Crippen LogP contribution < -0.4 is 20.1 Å². The molecule has 1 saturated heterocycles. The van der Waals surface area contributed by atoms with Crippen molar-refractivity contribution in [3.63, 3.8) is 0 Å². The first-order valence-corrected chi connectivity index (χ1v) is 9.58. The highest BCUT2D eigenvalue weighted by Crippen LogP contribution is 2.27. The number of guanidine groups is 1. The van der Waals surface area contributed by atoms with Crippen molar-refractivity contribution in [2.45, 2.75) is 25.4 Å². The smallest absolute Gasteiger partial charge is 0.243 e. The quantitative estimate of drug-likeness (QED) is 0.293. The van der Waals surface area contributed by atoms with E-state index in [9.17, 15) is 4.79 Å². The van der Waals surface area contributed by atoms with E-state index in [1.54, 1.807) is 28.3 Å². The van der Waals surface area contributed by atoms with Gasteiger partial charge in [0.05, 0.1) is 20.3 Å². The largest absolute Gasteiger partial charge is 0.493 e. The van der Waals surface area contributed by atoms with Crippen LogP contribution in [0.1, 0.15) is 18.4 Å². The second-order valence-corrected chi connectivity index (χ2v) is 6.84. The van der Waals surface area contributed by atoms with Gasteiger partial charge in [-0.2, -0.15) is 0 Å². The Labute approximate surface area is 190 Å². The van der Waals surface area contributed by atoms with Gasteiger partial charge in [0.1, 0.15) is 6.54 Å². The van der Waals surface area contributed by atoms with Gasteiger partial charge in [-0.1, -0.05) is 6.07 Å². The number of rotatable bonds is 9. The maximum atomic E-state index is 11.8. The van der Waals surface area contributed by atoms with Crippen LogP contribution in [0, 0.1) is 0 Å². The number of nitrogens with zero attached hydrogens (tertiary/aromatic N) is 2. The van der Waals surface area contributed by atoms with Crippen LogP contribution in [-0.2, 0) is 16.0 Å². The standard InChI is InChI=1S/C20H32N4O4.HI/c1-24(2)19(25)14-23-20(22-13-16-6-5-11-28-16)21-10-9-15-7-8-17(26-3)18(12-15)27-4;/h7-8,12,16H,5-6,9-11,13-14H2,1-4H3,(H2,21,22,23);1H. The lowest BCUT2D eigenvalue weighted by molar-refractivity contribution is -0.127. The van der Waals surface area contributed by atoms with Gasteiger partial charge >= 0.3 is 0 Å². The monoisotopic (exact) mass is 520 g/mol. The van der Waals surface area contributed by atoms with Gasteiger partial charge in [0, 0.05) is 33.8 Å². The molecular weight excluding hydrogens is 487 g/mol. The first-order chi connectivity index (χ1) is 13.5. The van der Waals surface area contributed by atoms with Gasteiger partial charge in [0.15, 0.2) is 17.5 Å². The van der Waals surface area contributed by atoms with Crippen LogP contribution >= 0.6 is 24.0 Å². The molecule has 1 amide bonds. The fourth-order valence-corrected chi connectivity index (χ4v) is 2.84. The van der Waals surface area contributed by atoms with Crippen LogP contribution in [0.25, 0.3) is 0 Å². The van der Waals surface area contributed by atoms with E-state index >= 15 is 0 Å². The Hall–Kier alpha value is -1.75. The number of benzene rings is 1. The van der Waals surface area contributed by atoms with E-state index in [2.05, 4.69) is 15.6 Å². The fourth-order valence-electron chi connectivity index (χ4n) is 2.84. The van der Waals surface area contributed by atoms with E-state index in [1.165, 1.54) is 4.90 Å². The molecule has 0 aromatic heterocycles. The Morgan fingerprint density at radius 2 is 2.00 bits per heavy atom. The minimum absolute atomic E-state index is 0. The summed E-state index contributed by atoms with van der Waals surface area (Å²) in [6, 6.07) is 5.87. The molecule has 2 N–H and O–H groups in total. The Kier molecular flexibility index (Phi) is 11.7. The van der Waals surface area contributed by atoms with Crippen LogP contribution in [0.5, 0.6) is 11.5 Å². The topological polar surface area (TPSA) is 84.4 Å². The average Bonchev–Trinajstić information content (AvgIpc) is 3.22. The third kappa shape index (κ3) is 8.65. The molecule has 1 fully saturated rings. The van der Waals surface area contributed by atoms with Crippen LogP contribution in [0.3, 0.4) is 0 Å². The lowest BCUT2D eigenvalue weighted by atomic mass is 10.1. The summed E-state index contributed by atoms with van der Waals surface area (Å²) in [6.45, 7) is 2.26. The number of hydrogen-bond donors (Lipinski definition) is 2. The molecule has 0 bridgehead atoms. The van der Waals surface area contributed by atoms with Crippen molar-refractivity contribution in [3.8, 4) is 11.5 Å². The second kappa shape index (κ2) is 13.5. The normalized spacial score (nSPS) is 16.0. The summed E-state index contributed by atoms with van der Waals surface area (Å²) in [4.78, 5) is 17.8. The van der Waals surface area contributed by atoms with Gasteiger partial charge in [-0.25, -0.2) is 4.99 Å². The Balaban J connectivity index is 0.00000420. The second-order valence-electron chi connectivity index (χ2n) is 6.84. The third-order valence-electron chi connectivity index (χ3n) is 4.55. The van der Waals surface area contributed by atoms with Crippen LogP contribution in [0.2, 0.25) is 0 Å². The lowest BCUT2D eigenvalue weighted by Crippen LogP contribution is -2.42. The number of methoxy groups -OCH3 is 2. The van der Waals surface area contributed by atoms with E-state index in [4.69, 9.17) is 14.2 Å². The summed E-state index contributed by atoms with van der Waals surface area (Å²) in [5.74, 6) is 1.99. The van der Waals surface area contributed by atoms with Crippen molar-refractivity contribution in [2.75, 3.05) is 54.6 Å². The summed E-state index contributed by atoms with van der Waals surface area (Å²) in [5, 5.41) is 6.57. The van der Waals surface area contributed by atoms with Crippen molar-refractivity contribution in [1.29, 1.82) is 0 Å². The fraction of sp³-hybridized carbons (Fsp3) is 0.600. The molecule has 0 spiro atoms. The molecule has 1 aromatic carbocycles. The summed E-state index contributed by atoms with van der Waals surface area (Å²) in [6.07, 6.45) is 3.11. The number of hydrogen-bond acceptors (Lipinski definition) is 5. The molecular formula is C20H33IN4O4. The molecule has 29 heavy (non-hydrogen) atoms. The zero-order valence-electron chi connectivity index (χ0n) is 17.7. The first kappa shape index (κ1) is 25.3. The summed E-state index contributed by atoms with van der Waals surface area (Å²) < 4.78 is 16.3. The van der Waals surface area contributed by atoms with Crippen molar-refractivity contribution >= 4 is 35.8 Å². The molecule has 0 saturated carbocycles. The number of nitrogens with one attached hydrogen (secondary N) is 2. The number of carbonyl (C=O) groups excluding carboxylic acids is 1. The van der Waals surface area contributed by atoms with Gasteiger partial charge < -0.3 is 29.7 Å². The Bertz CT molecular complexity index is 664. The number of likely N-dealkylation sites (N-methyl/N-ethyl adjacent to an activating group) is 1. The molecule has 9 heteroatoms. The molecule has 0 radical (unpaired) electrons. The van der Waals surface area contributed by atoms with E-state index in [0.29, 0.717) is 30.5 Å². The molecule has 1 atom stereocenters. The molecule has 1 aromatic rings. The minimum atomic E-state index is -0.0434. The lowest BCUT2D eigenvalue weighted by Gasteiger charge is -2.16. The van der Waals surface area contributed by atoms with Gasteiger partial charge in [0.2, 0.25) is 5.91 Å². The highest BCUT2D eigenvalue weighted by Gasteiger charge is 2.16. The molecule has 1 aliphatic heterocycles. The van der Waals surface area contributed by atoms with Crippen molar-refractivity contribution in [2.24, 2.45) is 4.99 Å². The average molecular weight is 520 g/mol. The summed E-state index contributed by atoms with van der Waals surface area (Å²) in [7, 11) is 6.70. The highest BCUT2D eigenvalue weighted by molar-refractivity contribution is 14.0. The Morgan fingerprint density at radius 3 is 2.62 bits per heavy atom. The van der Waals surface area contributed by atoms with E-state index in [0.717, 1.165) is 31.4 Å². The predicted molar refractivity (Wildman–Crippen MR) is 125 cm³/mol. The summed E-state index contributed by atoms with van der Waals surface area (Å²) in [5.41, 5.74) is 1.12. The minimum Gasteiger partial charge on any atom is -0.493 e. The number of halogens is 1. The molecule has 0 aliphatic carbocycles. The third-order valence-corrected chi connectivity index (χ3v) is 4.55. The number of carbonyl (C=O) groups is 1. The highest BCUT2D eigenvalue weighted by atomic mass is 127. The number of ether oxygens (including phenoxy) is 3. The van der Waals surface area contributed by atoms with Crippen molar-refractivity contribution in [1.82, 2.24) is 15.5 Å². The number of aliphatic imine (C=N–C) groups is 1. The first-order valence-electron chi connectivity index (χ1n) is 9.58. The van der Waals surface area contributed by atoms with E-state index in [1.807, 2.05) is 18.2 Å². The summed E-state index contributed by atoms with van der Waals surface area (Å²) >= 11 is 0. The molecule has 2 rings (SSSR count). The van der Waals surface area contributed by atoms with Gasteiger partial charge in [-0.05, 0) is 37.0 Å². The van der Waals surface area contributed by atoms with Gasteiger partial charge in [-0.15, -0.1) is 24.0 Å². The van der Waals surface area contributed by atoms with Gasteiger partial charge in [-0.3, -0.25) is 4.79 Å². The van der Waals surface area contributed by atoms with Crippen LogP contribution in [-0.4, -0.2) is 77.4 Å². The molecule has 164 valence electrons. The maximum Gasteiger partial charge on any atom is 0.243 e. The predicted octanol–water partition coefficient (Wildman–Crippen LogP) is 1.67. The van der Waals surface area contributed by atoms with Crippen molar-refractivity contribution in [3.05, 3.63) is 23.8 Å². The van der Waals surface area contributed by atoms with Crippen LogP contribution in [0.4, 0.5) is 0 Å². The molecule has 1 unspecified atom stereocenters. The zero-order valence-corrected chi connectivity index (χ0v) is 20.0. The van der Waals surface area contributed by atoms with E-state index < -0.39 is 0 Å². The molecule has 8 nitrogen and oxygen atoms in total.